The first kappa shape index (κ1) is 16.9. The van der Waals surface area contributed by atoms with Crippen molar-refractivity contribution in [2.45, 2.75) is 13.0 Å². The zero-order valence-electron chi connectivity index (χ0n) is 14.8. The number of hydrogen-bond donors (Lipinski definition) is 2. The number of carbonyl (C=O) groups is 1. The maximum atomic E-state index is 12.3. The van der Waals surface area contributed by atoms with Crippen LogP contribution in [0.4, 0.5) is 5.69 Å². The molecule has 3 aromatic carbocycles. The molecule has 0 saturated carbocycles. The van der Waals surface area contributed by atoms with Crippen LogP contribution in [0.2, 0.25) is 0 Å². The maximum absolute atomic E-state index is 12.3. The Hall–Kier alpha value is -3.54. The van der Waals surface area contributed by atoms with Crippen molar-refractivity contribution in [3.05, 3.63) is 66.2 Å². The zero-order valence-corrected chi connectivity index (χ0v) is 14.8. The van der Waals surface area contributed by atoms with Crippen molar-refractivity contribution in [1.82, 2.24) is 5.43 Å². The van der Waals surface area contributed by atoms with E-state index in [-0.39, 0.29) is 12.7 Å². The first-order chi connectivity index (χ1) is 13.2. The van der Waals surface area contributed by atoms with Gasteiger partial charge in [0.2, 0.25) is 6.79 Å². The minimum absolute atomic E-state index is 0.222. The molecule has 1 heterocycles. The van der Waals surface area contributed by atoms with Gasteiger partial charge in [-0.2, -0.15) is 5.10 Å². The van der Waals surface area contributed by atoms with Crippen LogP contribution in [0.15, 0.2) is 65.8 Å². The molecule has 0 unspecified atom stereocenters. The predicted molar refractivity (Wildman–Crippen MR) is 105 cm³/mol. The first-order valence-corrected chi connectivity index (χ1v) is 8.67. The van der Waals surface area contributed by atoms with Crippen molar-refractivity contribution < 1.29 is 14.3 Å². The third kappa shape index (κ3) is 3.84. The fourth-order valence-electron chi connectivity index (χ4n) is 2.86. The molecule has 6 heteroatoms. The second kappa shape index (κ2) is 7.37. The Kier molecular flexibility index (Phi) is 4.61. The Balaban J connectivity index is 1.35. The highest BCUT2D eigenvalue weighted by Gasteiger charge is 2.13. The number of hydrogen-bond acceptors (Lipinski definition) is 5. The summed E-state index contributed by atoms with van der Waals surface area (Å²) in [6, 6.07) is 19.2. The van der Waals surface area contributed by atoms with E-state index in [2.05, 4.69) is 21.9 Å². The Morgan fingerprint density at radius 2 is 1.85 bits per heavy atom. The lowest BCUT2D eigenvalue weighted by molar-refractivity contribution is -0.121. The van der Waals surface area contributed by atoms with E-state index in [4.69, 9.17) is 9.47 Å². The van der Waals surface area contributed by atoms with Crippen molar-refractivity contribution in [2.75, 3.05) is 12.1 Å². The molecule has 0 radical (unpaired) electrons. The second-order valence-electron chi connectivity index (χ2n) is 6.27. The largest absolute Gasteiger partial charge is 0.454 e. The lowest BCUT2D eigenvalue weighted by atomic mass is 10.1. The number of ether oxygens (including phenoxy) is 2. The van der Waals surface area contributed by atoms with Gasteiger partial charge in [-0.05, 0) is 53.6 Å². The van der Waals surface area contributed by atoms with Crippen LogP contribution in [0.25, 0.3) is 10.8 Å². The van der Waals surface area contributed by atoms with Crippen molar-refractivity contribution in [3.8, 4) is 11.5 Å². The minimum Gasteiger partial charge on any atom is -0.454 e. The number of carbonyl (C=O) groups excluding carboxylic acids is 1. The summed E-state index contributed by atoms with van der Waals surface area (Å²) in [4.78, 5) is 12.3. The van der Waals surface area contributed by atoms with Crippen molar-refractivity contribution in [2.24, 2.45) is 5.10 Å². The van der Waals surface area contributed by atoms with E-state index >= 15 is 0 Å². The number of benzene rings is 3. The van der Waals surface area contributed by atoms with Crippen LogP contribution >= 0.6 is 0 Å². The van der Waals surface area contributed by atoms with E-state index < -0.39 is 6.04 Å². The molecular weight excluding hydrogens is 342 g/mol. The van der Waals surface area contributed by atoms with Gasteiger partial charge in [0, 0.05) is 5.69 Å². The molecule has 1 aliphatic rings. The highest BCUT2D eigenvalue weighted by molar-refractivity contribution is 5.89. The third-order valence-corrected chi connectivity index (χ3v) is 4.31. The summed E-state index contributed by atoms with van der Waals surface area (Å²) in [7, 11) is 0. The SMILES string of the molecule is C[C@@H](Nc1ccc2ccccc2c1)C(=O)N/N=C\c1ccc2c(c1)OCO2. The molecule has 0 fully saturated rings. The summed E-state index contributed by atoms with van der Waals surface area (Å²) < 4.78 is 10.6. The smallest absolute Gasteiger partial charge is 0.262 e. The monoisotopic (exact) mass is 361 g/mol. The molecule has 0 bridgehead atoms. The molecular formula is C21H19N3O3. The molecule has 1 atom stereocenters. The minimum atomic E-state index is -0.430. The van der Waals surface area contributed by atoms with Crippen molar-refractivity contribution in [3.63, 3.8) is 0 Å². The molecule has 2 N–H and O–H groups in total. The lowest BCUT2D eigenvalue weighted by Crippen LogP contribution is -2.34. The average Bonchev–Trinajstić information content (AvgIpc) is 3.15. The van der Waals surface area contributed by atoms with E-state index in [0.717, 1.165) is 22.0 Å². The van der Waals surface area contributed by atoms with Gasteiger partial charge in [0.05, 0.1) is 6.21 Å². The predicted octanol–water partition coefficient (Wildman–Crippen LogP) is 3.52. The van der Waals surface area contributed by atoms with Crippen LogP contribution in [0.5, 0.6) is 11.5 Å². The van der Waals surface area contributed by atoms with Crippen molar-refractivity contribution in [1.29, 1.82) is 0 Å². The Morgan fingerprint density at radius 3 is 2.74 bits per heavy atom. The Morgan fingerprint density at radius 1 is 1.04 bits per heavy atom. The number of fused-ring (bicyclic) bond motifs is 2. The van der Waals surface area contributed by atoms with E-state index in [1.807, 2.05) is 54.6 Å². The molecule has 27 heavy (non-hydrogen) atoms. The number of nitrogens with one attached hydrogen (secondary N) is 2. The van der Waals surface area contributed by atoms with Gasteiger partial charge in [-0.3, -0.25) is 4.79 Å². The van der Waals surface area contributed by atoms with Gasteiger partial charge in [0.1, 0.15) is 6.04 Å². The highest BCUT2D eigenvalue weighted by atomic mass is 16.7. The number of amides is 1. The molecule has 0 aliphatic carbocycles. The van der Waals surface area contributed by atoms with Crippen LogP contribution < -0.4 is 20.2 Å². The molecule has 1 aliphatic heterocycles. The topological polar surface area (TPSA) is 72.0 Å². The van der Waals surface area contributed by atoms with Gasteiger partial charge in [0.15, 0.2) is 11.5 Å². The maximum Gasteiger partial charge on any atom is 0.262 e. The van der Waals surface area contributed by atoms with Gasteiger partial charge in [0.25, 0.3) is 5.91 Å². The van der Waals surface area contributed by atoms with Gasteiger partial charge in [-0.15, -0.1) is 0 Å². The van der Waals surface area contributed by atoms with Gasteiger partial charge in [-0.1, -0.05) is 30.3 Å². The molecule has 6 nitrogen and oxygen atoms in total. The zero-order chi connectivity index (χ0) is 18.6. The van der Waals surface area contributed by atoms with Crippen LogP contribution in [0, 0.1) is 0 Å². The van der Waals surface area contributed by atoms with Gasteiger partial charge < -0.3 is 14.8 Å². The molecule has 0 spiro atoms. The molecule has 4 rings (SSSR count). The fraction of sp³-hybridized carbons (Fsp3) is 0.143. The highest BCUT2D eigenvalue weighted by Crippen LogP contribution is 2.31. The lowest BCUT2D eigenvalue weighted by Gasteiger charge is -2.14. The Labute approximate surface area is 156 Å². The van der Waals surface area contributed by atoms with E-state index in [0.29, 0.717) is 11.5 Å². The van der Waals surface area contributed by atoms with E-state index in [9.17, 15) is 4.79 Å². The number of nitrogens with zero attached hydrogens (tertiary/aromatic N) is 1. The normalized spacial score (nSPS) is 13.7. The fourth-order valence-corrected chi connectivity index (χ4v) is 2.86. The van der Waals surface area contributed by atoms with Crippen LogP contribution in [0.1, 0.15) is 12.5 Å². The summed E-state index contributed by atoms with van der Waals surface area (Å²) in [5.74, 6) is 1.17. The standard InChI is InChI=1S/C21H19N3O3/c1-14(23-18-8-7-16-4-2-3-5-17(16)11-18)21(25)24-22-12-15-6-9-19-20(10-15)27-13-26-19/h2-12,14,23H,13H2,1H3,(H,24,25)/b22-12-/t14-/m1/s1. The molecule has 136 valence electrons. The number of anilines is 1. The molecule has 3 aromatic rings. The van der Waals surface area contributed by atoms with E-state index in [1.54, 1.807) is 13.1 Å². The number of hydrazone groups is 1. The molecule has 1 amide bonds. The summed E-state index contributed by atoms with van der Waals surface area (Å²) in [5.41, 5.74) is 4.25. The van der Waals surface area contributed by atoms with Crippen LogP contribution in [-0.2, 0) is 4.79 Å². The van der Waals surface area contributed by atoms with Gasteiger partial charge >= 0.3 is 0 Å². The average molecular weight is 361 g/mol. The van der Waals surface area contributed by atoms with Crippen molar-refractivity contribution >= 4 is 28.6 Å². The summed E-state index contributed by atoms with van der Waals surface area (Å²) in [5, 5.41) is 9.49. The van der Waals surface area contributed by atoms with E-state index in [1.165, 1.54) is 0 Å². The molecule has 0 aromatic heterocycles. The summed E-state index contributed by atoms with van der Waals surface area (Å²) in [6.07, 6.45) is 1.57. The van der Waals surface area contributed by atoms with Crippen LogP contribution in [0.3, 0.4) is 0 Å². The third-order valence-electron chi connectivity index (χ3n) is 4.31. The number of rotatable bonds is 5. The van der Waals surface area contributed by atoms with Gasteiger partial charge in [-0.25, -0.2) is 5.43 Å². The second-order valence-corrected chi connectivity index (χ2v) is 6.27. The quantitative estimate of drug-likeness (QED) is 0.539. The first-order valence-electron chi connectivity index (χ1n) is 8.67. The molecule has 0 saturated heterocycles. The summed E-state index contributed by atoms with van der Waals surface area (Å²) in [6.45, 7) is 2.02. The Bertz CT molecular complexity index is 1020. The summed E-state index contributed by atoms with van der Waals surface area (Å²) >= 11 is 0. The van der Waals surface area contributed by atoms with Crippen LogP contribution in [-0.4, -0.2) is 25.0 Å².